The van der Waals surface area contributed by atoms with Gasteiger partial charge in [-0.05, 0) is 48.2 Å². The first-order chi connectivity index (χ1) is 11.7. The molecule has 1 rings (SSSR count). The molecule has 0 aliphatic carbocycles. The molecule has 0 saturated carbocycles. The maximum Gasteiger partial charge on any atom is 0.192 e. The van der Waals surface area contributed by atoms with Crippen LogP contribution in [0.3, 0.4) is 0 Å². The second-order valence-electron chi connectivity index (χ2n) is 10.6. The van der Waals surface area contributed by atoms with Gasteiger partial charge in [-0.1, -0.05) is 71.9 Å². The van der Waals surface area contributed by atoms with E-state index >= 15 is 0 Å². The Balaban J connectivity index is 2.79. The molecular formula is C22H42O2Si2. The van der Waals surface area contributed by atoms with Crippen LogP contribution >= 0.6 is 0 Å². The van der Waals surface area contributed by atoms with Crippen molar-refractivity contribution in [2.45, 2.75) is 90.1 Å². The Morgan fingerprint density at radius 3 is 1.69 bits per heavy atom. The van der Waals surface area contributed by atoms with Gasteiger partial charge in [0.15, 0.2) is 16.6 Å². The smallest absolute Gasteiger partial charge is 0.192 e. The monoisotopic (exact) mass is 394 g/mol. The van der Waals surface area contributed by atoms with E-state index in [1.165, 1.54) is 5.56 Å². The fourth-order valence-corrected chi connectivity index (χ4v) is 4.38. The van der Waals surface area contributed by atoms with Crippen LogP contribution in [0.5, 0.6) is 0 Å². The first-order valence-corrected chi connectivity index (χ1v) is 15.8. The molecule has 0 amide bonds. The van der Waals surface area contributed by atoms with Gasteiger partial charge in [-0.25, -0.2) is 0 Å². The summed E-state index contributed by atoms with van der Waals surface area (Å²) in [5.74, 6) is 0.398. The van der Waals surface area contributed by atoms with Gasteiger partial charge in [-0.2, -0.15) is 0 Å². The lowest BCUT2D eigenvalue weighted by Gasteiger charge is -2.38. The number of hydrogen-bond donors (Lipinski definition) is 0. The largest absolute Gasteiger partial charge is 0.417 e. The standard InChI is InChI=1S/C22H42O2Si2/c1-21(2,3)25(7,8)23-17-16-20(19-14-12-11-13-15-19)18-24-26(9,10)22(4,5)6/h11-15,20H,16-18H2,1-10H3/t20-/m1/s1. The van der Waals surface area contributed by atoms with Crippen LogP contribution in [0.1, 0.15) is 59.4 Å². The summed E-state index contributed by atoms with van der Waals surface area (Å²) in [4.78, 5) is 0. The van der Waals surface area contributed by atoms with Crippen LogP contribution in [0.25, 0.3) is 0 Å². The third-order valence-electron chi connectivity index (χ3n) is 6.46. The summed E-state index contributed by atoms with van der Waals surface area (Å²) in [6.45, 7) is 24.7. The third-order valence-corrected chi connectivity index (χ3v) is 15.5. The minimum atomic E-state index is -1.74. The van der Waals surface area contributed by atoms with Gasteiger partial charge in [0, 0.05) is 19.1 Å². The zero-order valence-corrected chi connectivity index (χ0v) is 20.9. The normalized spacial score (nSPS) is 15.2. The van der Waals surface area contributed by atoms with Gasteiger partial charge in [0.2, 0.25) is 0 Å². The molecule has 150 valence electrons. The summed E-state index contributed by atoms with van der Waals surface area (Å²) in [7, 11) is -3.43. The van der Waals surface area contributed by atoms with Crippen LogP contribution in [0.2, 0.25) is 36.3 Å². The van der Waals surface area contributed by atoms with Crippen molar-refractivity contribution in [3.8, 4) is 0 Å². The highest BCUT2D eigenvalue weighted by molar-refractivity contribution is 6.74. The van der Waals surface area contributed by atoms with Gasteiger partial charge >= 0.3 is 0 Å². The van der Waals surface area contributed by atoms with Gasteiger partial charge in [-0.15, -0.1) is 0 Å². The fourth-order valence-electron chi connectivity index (χ4n) is 2.27. The predicted octanol–water partition coefficient (Wildman–Crippen LogP) is 7.20. The minimum Gasteiger partial charge on any atom is -0.417 e. The van der Waals surface area contributed by atoms with Gasteiger partial charge in [0.05, 0.1) is 0 Å². The van der Waals surface area contributed by atoms with Crippen LogP contribution in [0.15, 0.2) is 30.3 Å². The molecule has 0 aliphatic rings. The van der Waals surface area contributed by atoms with Crippen molar-refractivity contribution in [2.75, 3.05) is 13.2 Å². The lowest BCUT2D eigenvalue weighted by molar-refractivity contribution is 0.221. The van der Waals surface area contributed by atoms with E-state index in [0.29, 0.717) is 5.92 Å². The highest BCUT2D eigenvalue weighted by Gasteiger charge is 2.38. The minimum absolute atomic E-state index is 0.242. The van der Waals surface area contributed by atoms with Crippen LogP contribution in [0, 0.1) is 0 Å². The van der Waals surface area contributed by atoms with Gasteiger partial charge in [-0.3, -0.25) is 0 Å². The van der Waals surface area contributed by atoms with Crippen molar-refractivity contribution in [1.82, 2.24) is 0 Å². The Morgan fingerprint density at radius 1 is 0.769 bits per heavy atom. The van der Waals surface area contributed by atoms with E-state index in [2.05, 4.69) is 98.1 Å². The van der Waals surface area contributed by atoms with Crippen LogP contribution < -0.4 is 0 Å². The molecule has 2 nitrogen and oxygen atoms in total. The van der Waals surface area contributed by atoms with E-state index in [4.69, 9.17) is 8.85 Å². The molecular weight excluding hydrogens is 352 g/mol. The van der Waals surface area contributed by atoms with E-state index in [9.17, 15) is 0 Å². The van der Waals surface area contributed by atoms with Gasteiger partial charge < -0.3 is 8.85 Å². The molecule has 0 spiro atoms. The van der Waals surface area contributed by atoms with Crippen LogP contribution in [0.4, 0.5) is 0 Å². The zero-order chi connectivity index (χ0) is 20.2. The lowest BCUT2D eigenvalue weighted by atomic mass is 9.97. The Morgan fingerprint density at radius 2 is 1.23 bits per heavy atom. The molecule has 0 saturated heterocycles. The molecule has 4 heteroatoms. The highest BCUT2D eigenvalue weighted by Crippen LogP contribution is 2.39. The van der Waals surface area contributed by atoms with Crippen molar-refractivity contribution in [2.24, 2.45) is 0 Å². The first-order valence-electron chi connectivity index (χ1n) is 10.0. The maximum absolute atomic E-state index is 6.56. The predicted molar refractivity (Wildman–Crippen MR) is 120 cm³/mol. The molecule has 0 aromatic heterocycles. The molecule has 0 fully saturated rings. The van der Waals surface area contributed by atoms with E-state index in [1.54, 1.807) is 0 Å². The summed E-state index contributed by atoms with van der Waals surface area (Å²) >= 11 is 0. The molecule has 0 unspecified atom stereocenters. The van der Waals surface area contributed by atoms with Crippen molar-refractivity contribution < 1.29 is 8.85 Å². The summed E-state index contributed by atoms with van der Waals surface area (Å²) in [5, 5.41) is 0.499. The van der Waals surface area contributed by atoms with E-state index < -0.39 is 16.6 Å². The Bertz CT molecular complexity index is 540. The SMILES string of the molecule is CC(C)(C)[Si](C)(C)OCC[C@H](CO[Si](C)(C)C(C)(C)C)c1ccccc1. The molecule has 0 radical (unpaired) electrons. The Hall–Kier alpha value is -0.426. The molecule has 0 N–H and O–H groups in total. The molecule has 1 aromatic rings. The number of rotatable bonds is 8. The molecule has 0 aliphatic heterocycles. The topological polar surface area (TPSA) is 18.5 Å². The summed E-state index contributed by atoms with van der Waals surface area (Å²) in [6.07, 6.45) is 1.02. The van der Waals surface area contributed by atoms with E-state index in [1.807, 2.05) is 0 Å². The van der Waals surface area contributed by atoms with Crippen molar-refractivity contribution in [3.05, 3.63) is 35.9 Å². The van der Waals surface area contributed by atoms with E-state index in [0.717, 1.165) is 19.6 Å². The molecule has 0 bridgehead atoms. The van der Waals surface area contributed by atoms with Crippen LogP contribution in [-0.2, 0) is 8.85 Å². The van der Waals surface area contributed by atoms with Crippen molar-refractivity contribution >= 4 is 16.6 Å². The fraction of sp³-hybridized carbons (Fsp3) is 0.727. The molecule has 0 heterocycles. The zero-order valence-electron chi connectivity index (χ0n) is 18.9. The Labute approximate surface area is 165 Å². The Kier molecular flexibility index (Phi) is 7.92. The average molecular weight is 395 g/mol. The van der Waals surface area contributed by atoms with Crippen molar-refractivity contribution in [3.63, 3.8) is 0 Å². The maximum atomic E-state index is 6.56. The summed E-state index contributed by atoms with van der Waals surface area (Å²) in [5.41, 5.74) is 1.37. The van der Waals surface area contributed by atoms with Gasteiger partial charge in [0.25, 0.3) is 0 Å². The third kappa shape index (κ3) is 6.63. The first kappa shape index (κ1) is 23.6. The number of hydrogen-bond acceptors (Lipinski definition) is 2. The van der Waals surface area contributed by atoms with E-state index in [-0.39, 0.29) is 10.1 Å². The number of benzene rings is 1. The van der Waals surface area contributed by atoms with Gasteiger partial charge in [0.1, 0.15) is 0 Å². The average Bonchev–Trinajstić information content (AvgIpc) is 2.49. The highest BCUT2D eigenvalue weighted by atomic mass is 28.4. The molecule has 26 heavy (non-hydrogen) atoms. The quantitative estimate of drug-likeness (QED) is 0.434. The van der Waals surface area contributed by atoms with Crippen molar-refractivity contribution in [1.29, 1.82) is 0 Å². The molecule has 1 atom stereocenters. The summed E-state index contributed by atoms with van der Waals surface area (Å²) < 4.78 is 13.0. The lowest BCUT2D eigenvalue weighted by Crippen LogP contribution is -2.42. The second kappa shape index (κ2) is 8.72. The second-order valence-corrected chi connectivity index (χ2v) is 20.2. The molecule has 1 aromatic carbocycles. The summed E-state index contributed by atoms with van der Waals surface area (Å²) in [6, 6.07) is 10.8. The van der Waals surface area contributed by atoms with Crippen LogP contribution in [-0.4, -0.2) is 29.8 Å².